The van der Waals surface area contributed by atoms with Crippen LogP contribution in [0.15, 0.2) is 30.5 Å². The van der Waals surface area contributed by atoms with Crippen LogP contribution in [0.3, 0.4) is 0 Å². The molecule has 0 aliphatic rings. The molecule has 0 saturated heterocycles. The van der Waals surface area contributed by atoms with E-state index >= 15 is 0 Å². The molecule has 0 aliphatic heterocycles. The Hall–Kier alpha value is -2.01. The van der Waals surface area contributed by atoms with Crippen LogP contribution in [-0.2, 0) is 4.74 Å². The average Bonchev–Trinajstić information content (AvgIpc) is 2.41. The Bertz CT molecular complexity index is 668. The van der Waals surface area contributed by atoms with E-state index in [9.17, 15) is 4.79 Å². The van der Waals surface area contributed by atoms with Crippen molar-refractivity contribution in [2.75, 3.05) is 18.4 Å². The molecule has 0 saturated carbocycles. The maximum atomic E-state index is 11.5. The number of carbonyl (C=O) groups excluding carboxylic acids is 1. The highest BCUT2D eigenvalue weighted by Gasteiger charge is 2.15. The molecule has 22 heavy (non-hydrogen) atoms. The van der Waals surface area contributed by atoms with E-state index < -0.39 is 11.7 Å². The van der Waals surface area contributed by atoms with Crippen molar-refractivity contribution in [2.45, 2.75) is 26.4 Å². The number of benzene rings is 1. The van der Waals surface area contributed by atoms with Gasteiger partial charge in [0.2, 0.25) is 0 Å². The highest BCUT2D eigenvalue weighted by molar-refractivity contribution is 6.31. The van der Waals surface area contributed by atoms with Crippen LogP contribution in [0.1, 0.15) is 20.8 Å². The van der Waals surface area contributed by atoms with E-state index in [0.29, 0.717) is 18.1 Å². The van der Waals surface area contributed by atoms with Crippen LogP contribution in [0.4, 0.5) is 10.5 Å². The minimum atomic E-state index is -0.495. The van der Waals surface area contributed by atoms with Crippen LogP contribution in [0.25, 0.3) is 10.9 Å². The molecule has 1 amide bonds. The normalized spacial score (nSPS) is 11.3. The molecule has 6 heteroatoms. The number of aromatic nitrogens is 1. The van der Waals surface area contributed by atoms with E-state index in [-0.39, 0.29) is 0 Å². The lowest BCUT2D eigenvalue weighted by molar-refractivity contribution is 0.0530. The predicted octanol–water partition coefficient (Wildman–Crippen LogP) is 3.82. The number of anilines is 1. The van der Waals surface area contributed by atoms with Crippen LogP contribution < -0.4 is 10.6 Å². The zero-order valence-corrected chi connectivity index (χ0v) is 13.7. The predicted molar refractivity (Wildman–Crippen MR) is 89.5 cm³/mol. The van der Waals surface area contributed by atoms with Crippen molar-refractivity contribution in [2.24, 2.45) is 0 Å². The van der Waals surface area contributed by atoms with Crippen molar-refractivity contribution in [3.8, 4) is 0 Å². The molecule has 5 nitrogen and oxygen atoms in total. The molecule has 1 heterocycles. The van der Waals surface area contributed by atoms with Crippen molar-refractivity contribution in [1.82, 2.24) is 10.3 Å². The molecular formula is C16H20ClN3O2. The fraction of sp³-hybridized carbons (Fsp3) is 0.375. The molecule has 118 valence electrons. The number of ether oxygens (including phenoxy) is 1. The number of alkyl carbamates (subject to hydrolysis) is 1. The summed E-state index contributed by atoms with van der Waals surface area (Å²) in [7, 11) is 0. The van der Waals surface area contributed by atoms with Gasteiger partial charge in [-0.2, -0.15) is 0 Å². The molecule has 1 aromatic heterocycles. The van der Waals surface area contributed by atoms with Crippen molar-refractivity contribution in [3.63, 3.8) is 0 Å². The highest BCUT2D eigenvalue weighted by Crippen LogP contribution is 2.25. The van der Waals surface area contributed by atoms with Crippen LogP contribution in [0.2, 0.25) is 5.02 Å². The van der Waals surface area contributed by atoms with Gasteiger partial charge in [-0.15, -0.1) is 0 Å². The minimum Gasteiger partial charge on any atom is -0.444 e. The third kappa shape index (κ3) is 4.77. The van der Waals surface area contributed by atoms with Crippen LogP contribution >= 0.6 is 11.6 Å². The summed E-state index contributed by atoms with van der Waals surface area (Å²) in [5.41, 5.74) is 1.20. The zero-order chi connectivity index (χ0) is 16.2. The van der Waals surface area contributed by atoms with Gasteiger partial charge in [0, 0.05) is 29.7 Å². The summed E-state index contributed by atoms with van der Waals surface area (Å²) in [6.45, 7) is 6.47. The average molecular weight is 322 g/mol. The van der Waals surface area contributed by atoms with Gasteiger partial charge in [-0.1, -0.05) is 17.7 Å². The molecule has 0 radical (unpaired) electrons. The Labute approximate surface area is 135 Å². The van der Waals surface area contributed by atoms with Gasteiger partial charge in [-0.3, -0.25) is 4.98 Å². The second kappa shape index (κ2) is 6.83. The van der Waals surface area contributed by atoms with E-state index in [1.54, 1.807) is 6.20 Å². The highest BCUT2D eigenvalue weighted by atomic mass is 35.5. The van der Waals surface area contributed by atoms with Crippen molar-refractivity contribution in [3.05, 3.63) is 35.5 Å². The summed E-state index contributed by atoms with van der Waals surface area (Å²) in [6.07, 6.45) is 1.31. The van der Waals surface area contributed by atoms with E-state index in [0.717, 1.165) is 16.6 Å². The number of rotatable bonds is 4. The maximum Gasteiger partial charge on any atom is 0.407 e. The smallest absolute Gasteiger partial charge is 0.407 e. The molecule has 2 N–H and O–H groups in total. The SMILES string of the molecule is CC(C)(C)OC(=O)NCCNc1cc(Cl)cc2cccnc12. The Morgan fingerprint density at radius 2 is 2.09 bits per heavy atom. The van der Waals surface area contributed by atoms with E-state index in [4.69, 9.17) is 16.3 Å². The number of nitrogens with one attached hydrogen (secondary N) is 2. The number of hydrogen-bond acceptors (Lipinski definition) is 4. The first-order valence-corrected chi connectivity index (χ1v) is 7.48. The first-order chi connectivity index (χ1) is 10.3. The van der Waals surface area contributed by atoms with E-state index in [2.05, 4.69) is 15.6 Å². The van der Waals surface area contributed by atoms with Gasteiger partial charge in [0.1, 0.15) is 5.60 Å². The van der Waals surface area contributed by atoms with E-state index in [1.807, 2.05) is 45.0 Å². The monoisotopic (exact) mass is 321 g/mol. The Morgan fingerprint density at radius 1 is 1.32 bits per heavy atom. The fourth-order valence-corrected chi connectivity index (χ4v) is 2.19. The molecular weight excluding hydrogens is 302 g/mol. The lowest BCUT2D eigenvalue weighted by Gasteiger charge is -2.19. The number of carbonyl (C=O) groups is 1. The van der Waals surface area contributed by atoms with Gasteiger partial charge in [0.15, 0.2) is 0 Å². The number of fused-ring (bicyclic) bond motifs is 1. The Kier molecular flexibility index (Phi) is 5.08. The van der Waals surface area contributed by atoms with Crippen LogP contribution in [0, 0.1) is 0 Å². The molecule has 0 aliphatic carbocycles. The van der Waals surface area contributed by atoms with Gasteiger partial charge >= 0.3 is 6.09 Å². The third-order valence-electron chi connectivity index (χ3n) is 2.78. The largest absolute Gasteiger partial charge is 0.444 e. The van der Waals surface area contributed by atoms with Gasteiger partial charge in [0.25, 0.3) is 0 Å². The number of pyridine rings is 1. The van der Waals surface area contributed by atoms with Crippen molar-refractivity contribution < 1.29 is 9.53 Å². The molecule has 0 atom stereocenters. The lowest BCUT2D eigenvalue weighted by Crippen LogP contribution is -2.35. The molecule has 0 fully saturated rings. The van der Waals surface area contributed by atoms with Gasteiger partial charge in [-0.25, -0.2) is 4.79 Å². The first-order valence-electron chi connectivity index (χ1n) is 7.10. The lowest BCUT2D eigenvalue weighted by atomic mass is 10.2. The van der Waals surface area contributed by atoms with Crippen molar-refractivity contribution >= 4 is 34.3 Å². The molecule has 0 spiro atoms. The summed E-state index contributed by atoms with van der Waals surface area (Å²) in [5.74, 6) is 0. The maximum absolute atomic E-state index is 11.5. The fourth-order valence-electron chi connectivity index (χ4n) is 1.97. The standard InChI is InChI=1S/C16H20ClN3O2/c1-16(2,3)22-15(21)20-8-7-18-13-10-12(17)9-11-5-4-6-19-14(11)13/h4-6,9-10,18H,7-8H2,1-3H3,(H,20,21). The molecule has 2 aromatic rings. The summed E-state index contributed by atoms with van der Waals surface area (Å²) < 4.78 is 5.17. The summed E-state index contributed by atoms with van der Waals surface area (Å²) >= 11 is 6.10. The molecule has 0 unspecified atom stereocenters. The number of nitrogens with zero attached hydrogens (tertiary/aromatic N) is 1. The third-order valence-corrected chi connectivity index (χ3v) is 3.00. The second-order valence-corrected chi connectivity index (χ2v) is 6.32. The van der Waals surface area contributed by atoms with Gasteiger partial charge < -0.3 is 15.4 Å². The Balaban J connectivity index is 1.91. The molecule has 2 rings (SSSR count). The summed E-state index contributed by atoms with van der Waals surface area (Å²) in [5, 5.41) is 7.54. The summed E-state index contributed by atoms with van der Waals surface area (Å²) in [6, 6.07) is 7.52. The van der Waals surface area contributed by atoms with Crippen LogP contribution in [-0.4, -0.2) is 29.8 Å². The first kappa shape index (κ1) is 16.4. The molecule has 1 aromatic carbocycles. The van der Waals surface area contributed by atoms with Crippen LogP contribution in [0.5, 0.6) is 0 Å². The van der Waals surface area contributed by atoms with E-state index in [1.165, 1.54) is 0 Å². The summed E-state index contributed by atoms with van der Waals surface area (Å²) in [4.78, 5) is 15.9. The minimum absolute atomic E-state index is 0.427. The number of hydrogen-bond donors (Lipinski definition) is 2. The quantitative estimate of drug-likeness (QED) is 0.840. The number of halogens is 1. The van der Waals surface area contributed by atoms with Gasteiger partial charge in [0.05, 0.1) is 11.2 Å². The Morgan fingerprint density at radius 3 is 2.82 bits per heavy atom. The van der Waals surface area contributed by atoms with Gasteiger partial charge in [-0.05, 0) is 39.0 Å². The number of amides is 1. The van der Waals surface area contributed by atoms with Crippen molar-refractivity contribution in [1.29, 1.82) is 0 Å². The zero-order valence-electron chi connectivity index (χ0n) is 12.9. The molecule has 0 bridgehead atoms. The second-order valence-electron chi connectivity index (χ2n) is 5.88. The topological polar surface area (TPSA) is 63.2 Å².